The lowest BCUT2D eigenvalue weighted by molar-refractivity contribution is 0.0527. The van der Waals surface area contributed by atoms with Gasteiger partial charge in [0.1, 0.15) is 0 Å². The number of fused-ring (bicyclic) bond motifs is 1. The predicted molar refractivity (Wildman–Crippen MR) is 100 cm³/mol. The van der Waals surface area contributed by atoms with E-state index in [-0.39, 0.29) is 42.3 Å². The van der Waals surface area contributed by atoms with Gasteiger partial charge in [-0.2, -0.15) is 0 Å². The zero-order chi connectivity index (χ0) is 20.9. The van der Waals surface area contributed by atoms with Gasteiger partial charge in [-0.1, -0.05) is 0 Å². The highest BCUT2D eigenvalue weighted by molar-refractivity contribution is 9.10. The molecule has 28 heavy (non-hydrogen) atoms. The van der Waals surface area contributed by atoms with Crippen molar-refractivity contribution in [1.82, 2.24) is 19.5 Å². The molecule has 0 atom stereocenters. The molecule has 0 radical (unpaired) electrons. The Balaban J connectivity index is 2.16. The molecule has 0 aliphatic heterocycles. The Morgan fingerprint density at radius 2 is 1.64 bits per heavy atom. The van der Waals surface area contributed by atoms with Crippen LogP contribution in [0.1, 0.15) is 6.04 Å². The number of ether oxygens (including phenoxy) is 2. The second kappa shape index (κ2) is 9.70. The van der Waals surface area contributed by atoms with Crippen molar-refractivity contribution in [3.05, 3.63) is 21.4 Å². The van der Waals surface area contributed by atoms with Gasteiger partial charge < -0.3 is 34.0 Å². The van der Waals surface area contributed by atoms with Crippen molar-refractivity contribution in [2.75, 3.05) is 38.8 Å². The molecule has 13 nitrogen and oxygen atoms in total. The van der Waals surface area contributed by atoms with Crippen LogP contribution in [0.2, 0.25) is 0 Å². The Morgan fingerprint density at radius 3 is 2.14 bits per heavy atom. The number of H-pyrrole nitrogens is 1. The molecular weight excluding hydrogens is 486 g/mol. The number of aromatic nitrogens is 4. The topological polar surface area (TPSA) is 197 Å². The van der Waals surface area contributed by atoms with Crippen molar-refractivity contribution >= 4 is 42.3 Å². The fourth-order valence-corrected chi connectivity index (χ4v) is 3.59. The van der Waals surface area contributed by atoms with Crippen LogP contribution in [0, 0.1) is 0 Å². The largest absolute Gasteiger partial charge is 0.379 e. The molecule has 2 aromatic heterocycles. The van der Waals surface area contributed by atoms with Gasteiger partial charge in [0.15, 0.2) is 15.9 Å². The maximum Gasteiger partial charge on any atom is 0.327 e. The summed E-state index contributed by atoms with van der Waals surface area (Å²) in [4.78, 5) is 58.0. The number of imidazole rings is 1. The smallest absolute Gasteiger partial charge is 0.327 e. The number of nitrogens with zero attached hydrogens (tertiary/aromatic N) is 3. The normalized spacial score (nSPS) is 12.9. The number of hydrogen-bond donors (Lipinski definition) is 5. The highest BCUT2D eigenvalue weighted by Crippen LogP contribution is 2.34. The monoisotopic (exact) mass is 504 g/mol. The van der Waals surface area contributed by atoms with Crippen LogP contribution >= 0.6 is 31.1 Å². The lowest BCUT2D eigenvalue weighted by Gasteiger charge is -2.20. The number of halogens is 1. The van der Waals surface area contributed by atoms with E-state index in [1.54, 1.807) is 0 Å². The van der Waals surface area contributed by atoms with Crippen LogP contribution in [0.15, 0.2) is 15.9 Å². The first-order valence-corrected chi connectivity index (χ1v) is 12.2. The third kappa shape index (κ3) is 7.14. The second-order valence-corrected chi connectivity index (χ2v) is 10.00. The van der Waals surface area contributed by atoms with Gasteiger partial charge in [-0.25, -0.2) is 9.97 Å². The van der Waals surface area contributed by atoms with Crippen LogP contribution in [-0.2, 0) is 18.6 Å². The van der Waals surface area contributed by atoms with E-state index in [2.05, 4.69) is 30.9 Å². The number of aromatic amines is 1. The van der Waals surface area contributed by atoms with E-state index >= 15 is 0 Å². The molecule has 0 amide bonds. The summed E-state index contributed by atoms with van der Waals surface area (Å²) in [5.74, 6) is 0. The highest BCUT2D eigenvalue weighted by Gasteiger charge is 2.22. The number of rotatable bonds is 11. The molecule has 0 fully saturated rings. The molecule has 2 rings (SSSR count). The first-order valence-electron chi connectivity index (χ1n) is 7.84. The summed E-state index contributed by atoms with van der Waals surface area (Å²) in [6, 6.07) is -0.637. The predicted octanol–water partition coefficient (Wildman–Crippen LogP) is -0.188. The first kappa shape index (κ1) is 23.3. The Bertz CT molecular complexity index is 922. The highest BCUT2D eigenvalue weighted by atomic mass is 79.9. The molecule has 158 valence electrons. The average Bonchev–Trinajstić information content (AvgIpc) is 2.89. The van der Waals surface area contributed by atoms with Crippen molar-refractivity contribution in [2.45, 2.75) is 6.04 Å². The Labute approximate surface area is 166 Å². The molecule has 2 aromatic rings. The molecule has 0 unspecified atom stereocenters. The standard InChI is InChI=1S/C12H19BrN4O9P2/c13-12-16-9-10(14-7-15-11(9)18)17(12)8(5-25-1-3-27(19,20)21)6-26-2-4-28(22,23)24/h7-8H,1-6H2,(H,14,15,18)(H2,19,20,21)(H2,22,23,24). The van der Waals surface area contributed by atoms with Gasteiger partial charge in [0.05, 0.1) is 51.1 Å². The molecule has 2 heterocycles. The van der Waals surface area contributed by atoms with Crippen molar-refractivity contribution in [3.63, 3.8) is 0 Å². The van der Waals surface area contributed by atoms with Crippen molar-refractivity contribution in [3.8, 4) is 0 Å². The SMILES string of the molecule is O=c1[nH]cnc2c1nc(Br)n2C(COCCP(=O)(O)O)COCCP(=O)(O)O. The van der Waals surface area contributed by atoms with Crippen LogP contribution in [0.25, 0.3) is 11.2 Å². The van der Waals surface area contributed by atoms with E-state index in [4.69, 9.17) is 29.0 Å². The summed E-state index contributed by atoms with van der Waals surface area (Å²) in [5.41, 5.74) is -0.185. The quantitative estimate of drug-likeness (QED) is 0.154. The van der Waals surface area contributed by atoms with E-state index < -0.39 is 39.1 Å². The zero-order valence-electron chi connectivity index (χ0n) is 14.3. The fourth-order valence-electron chi connectivity index (χ4n) is 2.22. The van der Waals surface area contributed by atoms with E-state index in [9.17, 15) is 13.9 Å². The van der Waals surface area contributed by atoms with Crippen molar-refractivity contribution < 1.29 is 38.2 Å². The van der Waals surface area contributed by atoms with Gasteiger partial charge in [-0.15, -0.1) is 0 Å². The van der Waals surface area contributed by atoms with E-state index in [0.717, 1.165) is 0 Å². The third-order valence-electron chi connectivity index (χ3n) is 3.48. The molecule has 0 aromatic carbocycles. The number of nitrogens with one attached hydrogen (secondary N) is 1. The maximum atomic E-state index is 11.9. The third-order valence-corrected chi connectivity index (χ3v) is 5.57. The summed E-state index contributed by atoms with van der Waals surface area (Å²) >= 11 is 3.22. The van der Waals surface area contributed by atoms with Gasteiger partial charge in [0.2, 0.25) is 0 Å². The minimum atomic E-state index is -4.21. The summed E-state index contributed by atoms with van der Waals surface area (Å²) < 4.78 is 34.2. The zero-order valence-corrected chi connectivity index (χ0v) is 17.7. The molecule has 0 spiro atoms. The average molecular weight is 505 g/mol. The van der Waals surface area contributed by atoms with Crippen LogP contribution in [0.4, 0.5) is 0 Å². The molecular formula is C12H19BrN4O9P2. The molecule has 0 aliphatic rings. The van der Waals surface area contributed by atoms with Gasteiger partial charge in [0, 0.05) is 0 Å². The minimum Gasteiger partial charge on any atom is -0.379 e. The summed E-state index contributed by atoms with van der Waals surface area (Å²) in [6.07, 6.45) is 0.251. The Morgan fingerprint density at radius 1 is 1.11 bits per heavy atom. The van der Waals surface area contributed by atoms with E-state index in [1.807, 2.05) is 0 Å². The second-order valence-electron chi connectivity index (χ2n) is 5.73. The molecule has 0 aliphatic carbocycles. The van der Waals surface area contributed by atoms with Gasteiger partial charge in [0.25, 0.3) is 5.56 Å². The molecule has 0 saturated heterocycles. The van der Waals surface area contributed by atoms with Crippen molar-refractivity contribution in [1.29, 1.82) is 0 Å². The summed E-state index contributed by atoms with van der Waals surface area (Å²) in [7, 11) is -8.43. The van der Waals surface area contributed by atoms with E-state index in [1.165, 1.54) is 10.9 Å². The molecule has 0 bridgehead atoms. The fraction of sp³-hybridized carbons (Fsp3) is 0.583. The van der Waals surface area contributed by atoms with Crippen molar-refractivity contribution in [2.24, 2.45) is 0 Å². The van der Waals surface area contributed by atoms with Crippen LogP contribution in [0.5, 0.6) is 0 Å². The number of hydrogen-bond acceptors (Lipinski definition) is 7. The maximum absolute atomic E-state index is 11.9. The summed E-state index contributed by atoms with van der Waals surface area (Å²) in [5, 5.41) is 0. The minimum absolute atomic E-state index is 0.0600. The molecule has 5 N–H and O–H groups in total. The molecule has 0 saturated carbocycles. The van der Waals surface area contributed by atoms with Gasteiger partial charge in [-0.05, 0) is 15.9 Å². The van der Waals surface area contributed by atoms with Gasteiger partial charge in [-0.3, -0.25) is 18.5 Å². The van der Waals surface area contributed by atoms with Crippen LogP contribution in [-0.4, -0.2) is 77.8 Å². The van der Waals surface area contributed by atoms with Crippen LogP contribution < -0.4 is 5.56 Å². The Hall–Kier alpha value is -0.950. The molecule has 16 heteroatoms. The van der Waals surface area contributed by atoms with Gasteiger partial charge >= 0.3 is 15.2 Å². The Kier molecular flexibility index (Phi) is 8.08. The first-order chi connectivity index (χ1) is 13.0. The van der Waals surface area contributed by atoms with E-state index in [0.29, 0.717) is 0 Å². The summed E-state index contributed by atoms with van der Waals surface area (Å²) in [6.45, 7) is -0.591. The lowest BCUT2D eigenvalue weighted by atomic mass is 10.3. The van der Waals surface area contributed by atoms with Crippen LogP contribution in [0.3, 0.4) is 0 Å². The lowest BCUT2D eigenvalue weighted by Crippen LogP contribution is -2.23.